The lowest BCUT2D eigenvalue weighted by molar-refractivity contribution is -0.188. The topological polar surface area (TPSA) is 92.5 Å². The molecule has 1 aliphatic heterocycles. The summed E-state index contributed by atoms with van der Waals surface area (Å²) in [5.41, 5.74) is 1.19. The van der Waals surface area contributed by atoms with E-state index in [-0.39, 0.29) is 17.9 Å². The van der Waals surface area contributed by atoms with Gasteiger partial charge >= 0.3 is 12.3 Å². The molecular formula is C16H24F3N5O2. The van der Waals surface area contributed by atoms with Gasteiger partial charge in [0.1, 0.15) is 11.4 Å². The number of hydrogen-bond acceptors (Lipinski definition) is 6. The normalized spacial score (nSPS) is 19.1. The Morgan fingerprint density at radius 2 is 2.12 bits per heavy atom. The molecule has 2 rings (SSSR count). The van der Waals surface area contributed by atoms with E-state index in [9.17, 15) is 18.0 Å². The van der Waals surface area contributed by atoms with Gasteiger partial charge in [0.15, 0.2) is 6.04 Å². The smallest absolute Gasteiger partial charge is 0.413 e. The zero-order chi connectivity index (χ0) is 19.5. The lowest BCUT2D eigenvalue weighted by atomic mass is 10.0. The van der Waals surface area contributed by atoms with Crippen LogP contribution >= 0.6 is 0 Å². The van der Waals surface area contributed by atoms with E-state index in [1.165, 1.54) is 12.1 Å². The molecule has 146 valence electrons. The van der Waals surface area contributed by atoms with Crippen LogP contribution in [0.5, 0.6) is 0 Å². The number of nitrogens with two attached hydrogens (primary N) is 1. The van der Waals surface area contributed by atoms with Crippen LogP contribution in [0, 0.1) is 0 Å². The van der Waals surface area contributed by atoms with E-state index in [1.54, 1.807) is 20.8 Å². The number of hydrazine groups is 1. The van der Waals surface area contributed by atoms with Crippen molar-refractivity contribution in [2.45, 2.75) is 51.1 Å². The van der Waals surface area contributed by atoms with Crippen molar-refractivity contribution in [2.24, 2.45) is 5.84 Å². The number of anilines is 1. The Morgan fingerprint density at radius 1 is 1.42 bits per heavy atom. The van der Waals surface area contributed by atoms with Crippen molar-refractivity contribution in [1.29, 1.82) is 0 Å². The van der Waals surface area contributed by atoms with E-state index < -0.39 is 30.0 Å². The fraction of sp³-hybridized carbons (Fsp3) is 0.625. The Morgan fingerprint density at radius 3 is 2.54 bits per heavy atom. The van der Waals surface area contributed by atoms with Gasteiger partial charge in [-0.3, -0.25) is 4.90 Å². The zero-order valence-corrected chi connectivity index (χ0v) is 14.9. The van der Waals surface area contributed by atoms with Gasteiger partial charge in [0, 0.05) is 24.3 Å². The molecule has 1 unspecified atom stereocenters. The first-order chi connectivity index (χ1) is 12.0. The minimum absolute atomic E-state index is 0.158. The van der Waals surface area contributed by atoms with E-state index in [4.69, 9.17) is 10.6 Å². The SMILES string of the molecule is CC(C)(C)OC(=O)N(C(c1ccc(NN)nc1)C(F)(F)F)[C@H]1CCNC1. The van der Waals surface area contributed by atoms with E-state index in [2.05, 4.69) is 15.7 Å². The Labute approximate surface area is 150 Å². The van der Waals surface area contributed by atoms with Gasteiger partial charge in [-0.1, -0.05) is 6.07 Å². The molecule has 10 heteroatoms. The standard InChI is InChI=1S/C16H24F3N5O2/c1-15(2,3)26-14(25)24(11-6-7-21-9-11)13(16(17,18)19)10-4-5-12(23-20)22-8-10/h4-5,8,11,13,21H,6-7,9,20H2,1-3H3,(H,22,23)/t11-,13?/m0/s1. The number of halogens is 3. The molecule has 0 spiro atoms. The lowest BCUT2D eigenvalue weighted by Crippen LogP contribution is -2.50. The minimum atomic E-state index is -4.70. The second-order valence-corrected chi connectivity index (χ2v) is 7.10. The van der Waals surface area contributed by atoms with Crippen LogP contribution in [-0.4, -0.2) is 46.9 Å². The first-order valence-corrected chi connectivity index (χ1v) is 8.24. The van der Waals surface area contributed by atoms with Crippen molar-refractivity contribution >= 4 is 11.9 Å². The minimum Gasteiger partial charge on any atom is -0.444 e. The van der Waals surface area contributed by atoms with Crippen molar-refractivity contribution in [2.75, 3.05) is 18.5 Å². The lowest BCUT2D eigenvalue weighted by Gasteiger charge is -2.38. The molecule has 1 aliphatic rings. The van der Waals surface area contributed by atoms with Crippen molar-refractivity contribution in [1.82, 2.24) is 15.2 Å². The first-order valence-electron chi connectivity index (χ1n) is 8.24. The van der Waals surface area contributed by atoms with Gasteiger partial charge in [0.2, 0.25) is 0 Å². The highest BCUT2D eigenvalue weighted by Gasteiger charge is 2.50. The molecule has 0 bridgehead atoms. The van der Waals surface area contributed by atoms with Crippen LogP contribution in [0.1, 0.15) is 38.8 Å². The number of hydrogen-bond donors (Lipinski definition) is 3. The highest BCUT2D eigenvalue weighted by atomic mass is 19.4. The number of nitrogen functional groups attached to an aromatic ring is 1. The molecule has 1 fully saturated rings. The summed E-state index contributed by atoms with van der Waals surface area (Å²) in [5, 5.41) is 2.99. The molecule has 2 atom stereocenters. The summed E-state index contributed by atoms with van der Waals surface area (Å²) >= 11 is 0. The predicted octanol–water partition coefficient (Wildman–Crippen LogP) is 2.57. The number of rotatable bonds is 4. The summed E-state index contributed by atoms with van der Waals surface area (Å²) in [4.78, 5) is 17.3. The second-order valence-electron chi connectivity index (χ2n) is 7.10. The van der Waals surface area contributed by atoms with Gasteiger partial charge in [-0.15, -0.1) is 0 Å². The van der Waals surface area contributed by atoms with Crippen LogP contribution in [0.3, 0.4) is 0 Å². The fourth-order valence-corrected chi connectivity index (χ4v) is 2.82. The number of alkyl halides is 3. The van der Waals surface area contributed by atoms with Gasteiger partial charge in [-0.05, 0) is 39.8 Å². The molecule has 26 heavy (non-hydrogen) atoms. The number of ether oxygens (including phenoxy) is 1. The first kappa shape index (κ1) is 20.2. The van der Waals surface area contributed by atoms with Crippen LogP contribution in [0.4, 0.5) is 23.8 Å². The highest BCUT2D eigenvalue weighted by Crippen LogP contribution is 2.40. The highest BCUT2D eigenvalue weighted by molar-refractivity contribution is 5.69. The molecule has 1 aromatic heterocycles. The van der Waals surface area contributed by atoms with Crippen LogP contribution in [-0.2, 0) is 4.74 Å². The summed E-state index contributed by atoms with van der Waals surface area (Å²) in [7, 11) is 0. The average Bonchev–Trinajstić information content (AvgIpc) is 3.03. The number of nitrogens with zero attached hydrogens (tertiary/aromatic N) is 2. The fourth-order valence-electron chi connectivity index (χ4n) is 2.82. The van der Waals surface area contributed by atoms with E-state index >= 15 is 0 Å². The zero-order valence-electron chi connectivity index (χ0n) is 14.9. The van der Waals surface area contributed by atoms with Crippen molar-refractivity contribution < 1.29 is 22.7 Å². The van der Waals surface area contributed by atoms with Crippen molar-refractivity contribution in [3.8, 4) is 0 Å². The van der Waals surface area contributed by atoms with Gasteiger partial charge in [0.25, 0.3) is 0 Å². The number of carbonyl (C=O) groups is 1. The number of carbonyl (C=O) groups excluding carboxylic acids is 1. The van der Waals surface area contributed by atoms with E-state index in [0.29, 0.717) is 13.0 Å². The van der Waals surface area contributed by atoms with Crippen LogP contribution in [0.25, 0.3) is 0 Å². The molecule has 0 aliphatic carbocycles. The van der Waals surface area contributed by atoms with E-state index in [0.717, 1.165) is 11.1 Å². The average molecular weight is 375 g/mol. The molecule has 1 aromatic rings. The van der Waals surface area contributed by atoms with Crippen LogP contribution in [0.15, 0.2) is 18.3 Å². The molecular weight excluding hydrogens is 351 g/mol. The molecule has 0 aromatic carbocycles. The molecule has 0 radical (unpaired) electrons. The Bertz CT molecular complexity index is 610. The predicted molar refractivity (Wildman–Crippen MR) is 90.2 cm³/mol. The quantitative estimate of drug-likeness (QED) is 0.553. The largest absolute Gasteiger partial charge is 0.444 e. The molecule has 0 saturated carbocycles. The third-order valence-electron chi connectivity index (χ3n) is 3.87. The second kappa shape index (κ2) is 7.67. The number of aromatic nitrogens is 1. The monoisotopic (exact) mass is 375 g/mol. The summed E-state index contributed by atoms with van der Waals surface area (Å²) in [5.74, 6) is 5.43. The van der Waals surface area contributed by atoms with Gasteiger partial charge < -0.3 is 15.5 Å². The molecule has 1 amide bonds. The number of nitrogens with one attached hydrogen (secondary N) is 2. The summed E-state index contributed by atoms with van der Waals surface area (Å²) in [6.45, 7) is 5.63. The van der Waals surface area contributed by atoms with Gasteiger partial charge in [-0.2, -0.15) is 13.2 Å². The third-order valence-corrected chi connectivity index (χ3v) is 3.87. The summed E-state index contributed by atoms with van der Waals surface area (Å²) in [6.07, 6.45) is -4.23. The molecule has 1 saturated heterocycles. The van der Waals surface area contributed by atoms with Crippen molar-refractivity contribution in [3.63, 3.8) is 0 Å². The Hall–Kier alpha value is -2.07. The number of pyridine rings is 1. The van der Waals surface area contributed by atoms with Crippen LogP contribution < -0.4 is 16.6 Å². The Balaban J connectivity index is 2.45. The molecule has 4 N–H and O–H groups in total. The summed E-state index contributed by atoms with van der Waals surface area (Å²) < 4.78 is 47.1. The van der Waals surface area contributed by atoms with E-state index in [1.807, 2.05) is 0 Å². The number of amides is 1. The van der Waals surface area contributed by atoms with Crippen LogP contribution in [0.2, 0.25) is 0 Å². The molecule has 7 nitrogen and oxygen atoms in total. The van der Waals surface area contributed by atoms with Crippen molar-refractivity contribution in [3.05, 3.63) is 23.9 Å². The van der Waals surface area contributed by atoms with Gasteiger partial charge in [0.05, 0.1) is 0 Å². The van der Waals surface area contributed by atoms with Gasteiger partial charge in [-0.25, -0.2) is 15.6 Å². The molecule has 2 heterocycles. The summed E-state index contributed by atoms with van der Waals surface area (Å²) in [6, 6.07) is -0.223. The third kappa shape index (κ3) is 4.98. The maximum absolute atomic E-state index is 13.9. The maximum atomic E-state index is 13.9. The Kier molecular flexibility index (Phi) is 5.97. The maximum Gasteiger partial charge on any atom is 0.413 e.